The number of hydrogen-bond acceptors (Lipinski definition) is 2. The van der Waals surface area contributed by atoms with Crippen molar-refractivity contribution in [3.63, 3.8) is 0 Å². The highest BCUT2D eigenvalue weighted by molar-refractivity contribution is 5.56. The van der Waals surface area contributed by atoms with E-state index in [4.69, 9.17) is 5.73 Å². The predicted octanol–water partition coefficient (Wildman–Crippen LogP) is 3.33. The van der Waals surface area contributed by atoms with Crippen LogP contribution in [0.4, 0.5) is 10.1 Å². The maximum atomic E-state index is 13.9. The van der Waals surface area contributed by atoms with Crippen molar-refractivity contribution < 1.29 is 4.39 Å². The lowest BCUT2D eigenvalue weighted by Gasteiger charge is -2.24. The lowest BCUT2D eigenvalue weighted by Crippen LogP contribution is -2.24. The Balaban J connectivity index is 2.27. The molecule has 0 saturated carbocycles. The van der Waals surface area contributed by atoms with Crippen molar-refractivity contribution in [1.29, 1.82) is 0 Å². The predicted molar refractivity (Wildman–Crippen MR) is 74.2 cm³/mol. The molecule has 1 aliphatic heterocycles. The molecule has 100 valence electrons. The molecule has 1 saturated heterocycles. The Morgan fingerprint density at radius 3 is 2.61 bits per heavy atom. The van der Waals surface area contributed by atoms with Crippen LogP contribution in [0.2, 0.25) is 0 Å². The van der Waals surface area contributed by atoms with Gasteiger partial charge in [0.05, 0.1) is 0 Å². The maximum absolute atomic E-state index is 13.9. The van der Waals surface area contributed by atoms with Crippen molar-refractivity contribution in [2.45, 2.75) is 33.2 Å². The van der Waals surface area contributed by atoms with Crippen LogP contribution < -0.4 is 10.6 Å². The fourth-order valence-electron chi connectivity index (χ4n) is 2.80. The van der Waals surface area contributed by atoms with Crippen LogP contribution in [-0.4, -0.2) is 13.1 Å². The molecule has 0 bridgehead atoms. The van der Waals surface area contributed by atoms with E-state index in [0.29, 0.717) is 17.4 Å². The van der Waals surface area contributed by atoms with Crippen molar-refractivity contribution >= 4 is 5.69 Å². The van der Waals surface area contributed by atoms with Crippen molar-refractivity contribution in [2.75, 3.05) is 18.0 Å². The first-order valence-electron chi connectivity index (χ1n) is 6.79. The van der Waals surface area contributed by atoms with Crippen molar-refractivity contribution in [1.82, 2.24) is 0 Å². The zero-order valence-electron chi connectivity index (χ0n) is 11.5. The van der Waals surface area contributed by atoms with Crippen LogP contribution in [0.5, 0.6) is 0 Å². The summed E-state index contributed by atoms with van der Waals surface area (Å²) < 4.78 is 13.9. The Morgan fingerprint density at radius 1 is 1.33 bits per heavy atom. The van der Waals surface area contributed by atoms with Gasteiger partial charge in [-0.3, -0.25) is 0 Å². The molecule has 2 atom stereocenters. The van der Waals surface area contributed by atoms with Gasteiger partial charge < -0.3 is 10.6 Å². The number of rotatable bonds is 3. The van der Waals surface area contributed by atoms with Gasteiger partial charge in [-0.25, -0.2) is 4.39 Å². The summed E-state index contributed by atoms with van der Waals surface area (Å²) in [7, 11) is 0. The summed E-state index contributed by atoms with van der Waals surface area (Å²) in [5, 5.41) is 0. The first kappa shape index (κ1) is 13.3. The second-order valence-corrected chi connectivity index (χ2v) is 5.70. The van der Waals surface area contributed by atoms with Crippen LogP contribution in [-0.2, 0) is 0 Å². The fourth-order valence-corrected chi connectivity index (χ4v) is 2.80. The summed E-state index contributed by atoms with van der Waals surface area (Å²) in [5.74, 6) is 1.20. The van der Waals surface area contributed by atoms with Gasteiger partial charge in [-0.2, -0.15) is 0 Å². The molecule has 18 heavy (non-hydrogen) atoms. The first-order chi connectivity index (χ1) is 8.50. The molecule has 0 aliphatic carbocycles. The summed E-state index contributed by atoms with van der Waals surface area (Å²) in [6.07, 6.45) is 1.19. The second kappa shape index (κ2) is 5.27. The van der Waals surface area contributed by atoms with Crippen LogP contribution in [0.1, 0.15) is 38.8 Å². The Kier molecular flexibility index (Phi) is 3.91. The van der Waals surface area contributed by atoms with Gasteiger partial charge in [0.15, 0.2) is 0 Å². The summed E-state index contributed by atoms with van der Waals surface area (Å²) in [6.45, 7) is 8.38. The van der Waals surface area contributed by atoms with E-state index in [2.05, 4.69) is 18.7 Å². The largest absolute Gasteiger partial charge is 0.371 e. The highest BCUT2D eigenvalue weighted by Crippen LogP contribution is 2.33. The average molecular weight is 250 g/mol. The van der Waals surface area contributed by atoms with Gasteiger partial charge in [0.2, 0.25) is 0 Å². The van der Waals surface area contributed by atoms with E-state index in [-0.39, 0.29) is 11.9 Å². The molecule has 0 spiro atoms. The van der Waals surface area contributed by atoms with Crippen LogP contribution in [0.15, 0.2) is 18.2 Å². The Bertz CT molecular complexity index is 415. The van der Waals surface area contributed by atoms with Crippen LogP contribution in [0.25, 0.3) is 0 Å². The highest BCUT2D eigenvalue weighted by atomic mass is 19.1. The van der Waals surface area contributed by atoms with Crippen LogP contribution in [0.3, 0.4) is 0 Å². The van der Waals surface area contributed by atoms with Gasteiger partial charge in [-0.05, 0) is 37.3 Å². The maximum Gasteiger partial charge on any atom is 0.130 e. The smallest absolute Gasteiger partial charge is 0.130 e. The first-order valence-corrected chi connectivity index (χ1v) is 6.79. The van der Waals surface area contributed by atoms with E-state index in [9.17, 15) is 4.39 Å². The number of hydrogen-bond donors (Lipinski definition) is 1. The van der Waals surface area contributed by atoms with E-state index in [1.807, 2.05) is 13.0 Å². The number of anilines is 1. The molecule has 0 radical (unpaired) electrons. The standard InChI is InChI=1S/C15H23FN2/c1-10(2)12-7-8-18(9-12)14-6-4-5-13(16)15(14)11(3)17/h4-6,10-12H,7-9,17H2,1-3H3/t11-,12?/m0/s1. The third-order valence-corrected chi connectivity index (χ3v) is 3.99. The van der Waals surface area contributed by atoms with E-state index in [0.717, 1.165) is 18.8 Å². The minimum absolute atomic E-state index is 0.185. The van der Waals surface area contributed by atoms with Crippen LogP contribution >= 0.6 is 0 Å². The molecule has 1 unspecified atom stereocenters. The van der Waals surface area contributed by atoms with Crippen LogP contribution in [0, 0.1) is 17.7 Å². The second-order valence-electron chi connectivity index (χ2n) is 5.70. The topological polar surface area (TPSA) is 29.3 Å². The van der Waals surface area contributed by atoms with Gasteiger partial charge in [-0.1, -0.05) is 19.9 Å². The Hall–Kier alpha value is -1.09. The normalized spacial score (nSPS) is 21.7. The molecule has 2 rings (SSSR count). The van der Waals surface area contributed by atoms with E-state index >= 15 is 0 Å². The molecule has 3 heteroatoms. The number of benzene rings is 1. The van der Waals surface area contributed by atoms with Crippen molar-refractivity contribution in [2.24, 2.45) is 17.6 Å². The van der Waals surface area contributed by atoms with Gasteiger partial charge in [0, 0.05) is 30.4 Å². The molecule has 1 aliphatic rings. The molecule has 2 nitrogen and oxygen atoms in total. The Morgan fingerprint density at radius 2 is 2.06 bits per heavy atom. The Labute approximate surface area is 109 Å². The summed E-state index contributed by atoms with van der Waals surface area (Å²) in [5.41, 5.74) is 7.55. The molecule has 1 aromatic rings. The minimum atomic E-state index is -0.265. The zero-order chi connectivity index (χ0) is 13.3. The fraction of sp³-hybridized carbons (Fsp3) is 0.600. The zero-order valence-corrected chi connectivity index (χ0v) is 11.5. The van der Waals surface area contributed by atoms with Gasteiger partial charge in [0.1, 0.15) is 5.82 Å². The average Bonchev–Trinajstić information content (AvgIpc) is 2.77. The minimum Gasteiger partial charge on any atom is -0.371 e. The molecule has 2 N–H and O–H groups in total. The quantitative estimate of drug-likeness (QED) is 0.891. The van der Waals surface area contributed by atoms with Gasteiger partial charge in [0.25, 0.3) is 0 Å². The third-order valence-electron chi connectivity index (χ3n) is 3.99. The monoisotopic (exact) mass is 250 g/mol. The van der Waals surface area contributed by atoms with E-state index in [1.54, 1.807) is 6.07 Å². The van der Waals surface area contributed by atoms with Gasteiger partial charge in [-0.15, -0.1) is 0 Å². The van der Waals surface area contributed by atoms with Gasteiger partial charge >= 0.3 is 0 Å². The molecule has 0 amide bonds. The van der Waals surface area contributed by atoms with E-state index in [1.165, 1.54) is 12.5 Å². The summed E-state index contributed by atoms with van der Waals surface area (Å²) in [4.78, 5) is 2.28. The summed E-state index contributed by atoms with van der Waals surface area (Å²) in [6, 6.07) is 5.00. The molecule has 0 aromatic heterocycles. The molecule has 1 heterocycles. The lowest BCUT2D eigenvalue weighted by atomic mass is 9.95. The SMILES string of the molecule is CC(C)C1CCN(c2cccc(F)c2[C@H](C)N)C1. The third kappa shape index (κ3) is 2.51. The number of nitrogens with two attached hydrogens (primary N) is 1. The molecular weight excluding hydrogens is 227 g/mol. The number of nitrogens with zero attached hydrogens (tertiary/aromatic N) is 1. The lowest BCUT2D eigenvalue weighted by molar-refractivity contribution is 0.422. The molecule has 1 aromatic carbocycles. The number of halogens is 1. The van der Waals surface area contributed by atoms with Crippen molar-refractivity contribution in [3.8, 4) is 0 Å². The van der Waals surface area contributed by atoms with Crippen molar-refractivity contribution in [3.05, 3.63) is 29.6 Å². The molecule has 1 fully saturated rings. The summed E-state index contributed by atoms with van der Waals surface area (Å²) >= 11 is 0. The molecular formula is C15H23FN2. The van der Waals surface area contributed by atoms with E-state index < -0.39 is 0 Å². The highest BCUT2D eigenvalue weighted by Gasteiger charge is 2.27.